The quantitative estimate of drug-likeness (QED) is 0.741. The van der Waals surface area contributed by atoms with Crippen molar-refractivity contribution in [3.63, 3.8) is 0 Å². The van der Waals surface area contributed by atoms with E-state index in [0.29, 0.717) is 32.7 Å². The Hall–Kier alpha value is -1.60. The van der Waals surface area contributed by atoms with Crippen molar-refractivity contribution in [3.8, 4) is 0 Å². The Kier molecular flexibility index (Phi) is 3.39. The minimum Gasteiger partial charge on any atom is -0.343 e. The molecule has 20 heavy (non-hydrogen) atoms. The molecule has 1 fully saturated rings. The second kappa shape index (κ2) is 5.06. The molecule has 0 unspecified atom stereocenters. The molecule has 2 aliphatic heterocycles. The van der Waals surface area contributed by atoms with Crippen LogP contribution in [0.3, 0.4) is 0 Å². The van der Waals surface area contributed by atoms with Crippen LogP contribution >= 0.6 is 0 Å². The summed E-state index contributed by atoms with van der Waals surface area (Å²) in [7, 11) is -3.48. The first-order valence-corrected chi connectivity index (χ1v) is 8.07. The second-order valence-electron chi connectivity index (χ2n) is 5.00. The van der Waals surface area contributed by atoms with Crippen molar-refractivity contribution in [3.05, 3.63) is 29.8 Å². The number of nitrogens with zero attached hydrogens (tertiary/aromatic N) is 3. The highest BCUT2D eigenvalue weighted by atomic mass is 32.2. The number of para-hydroxylation sites is 1. The van der Waals surface area contributed by atoms with Crippen LogP contribution in [0.4, 0.5) is 5.69 Å². The molecule has 108 valence electrons. The van der Waals surface area contributed by atoms with Gasteiger partial charge < -0.3 is 4.90 Å². The van der Waals surface area contributed by atoms with E-state index in [9.17, 15) is 13.2 Å². The van der Waals surface area contributed by atoms with Gasteiger partial charge in [0.2, 0.25) is 6.41 Å². The minimum atomic E-state index is -3.48. The van der Waals surface area contributed by atoms with Gasteiger partial charge in [-0.25, -0.2) is 0 Å². The summed E-state index contributed by atoms with van der Waals surface area (Å²) in [6, 6.07) is 7.60. The van der Waals surface area contributed by atoms with Crippen molar-refractivity contribution in [2.24, 2.45) is 0 Å². The van der Waals surface area contributed by atoms with Crippen molar-refractivity contribution in [1.29, 1.82) is 0 Å². The lowest BCUT2D eigenvalue weighted by Crippen LogP contribution is -2.52. The van der Waals surface area contributed by atoms with Crippen molar-refractivity contribution in [1.82, 2.24) is 9.21 Å². The van der Waals surface area contributed by atoms with E-state index in [-0.39, 0.29) is 0 Å². The SMILES string of the molecule is O=CN1CCN(S(=O)(=O)N2CCc3ccccc32)CC1. The van der Waals surface area contributed by atoms with E-state index >= 15 is 0 Å². The van der Waals surface area contributed by atoms with Crippen LogP contribution in [0.25, 0.3) is 0 Å². The molecule has 1 amide bonds. The van der Waals surface area contributed by atoms with Gasteiger partial charge >= 0.3 is 10.2 Å². The maximum atomic E-state index is 12.7. The van der Waals surface area contributed by atoms with E-state index in [1.54, 1.807) is 4.90 Å². The van der Waals surface area contributed by atoms with E-state index in [4.69, 9.17) is 0 Å². The first-order valence-electron chi connectivity index (χ1n) is 6.68. The molecule has 1 aromatic rings. The summed E-state index contributed by atoms with van der Waals surface area (Å²) in [5.41, 5.74) is 1.85. The van der Waals surface area contributed by atoms with Crippen LogP contribution in [0.15, 0.2) is 24.3 Å². The predicted octanol–water partition coefficient (Wildman–Crippen LogP) is 0.0679. The molecule has 1 saturated heterocycles. The molecule has 0 radical (unpaired) electrons. The van der Waals surface area contributed by atoms with E-state index < -0.39 is 10.2 Å². The molecule has 0 N–H and O–H groups in total. The highest BCUT2D eigenvalue weighted by Gasteiger charge is 2.35. The van der Waals surface area contributed by atoms with Gasteiger partial charge in [-0.2, -0.15) is 12.7 Å². The molecule has 6 nitrogen and oxygen atoms in total. The summed E-state index contributed by atoms with van der Waals surface area (Å²) in [5, 5.41) is 0. The third-order valence-electron chi connectivity index (χ3n) is 3.87. The Labute approximate surface area is 118 Å². The maximum absolute atomic E-state index is 12.7. The number of anilines is 1. The van der Waals surface area contributed by atoms with Crippen molar-refractivity contribution in [2.75, 3.05) is 37.0 Å². The molecule has 7 heteroatoms. The maximum Gasteiger partial charge on any atom is 0.304 e. The Bertz CT molecular complexity index is 609. The van der Waals surface area contributed by atoms with Crippen LogP contribution in [0.5, 0.6) is 0 Å². The van der Waals surface area contributed by atoms with Gasteiger partial charge in [0.25, 0.3) is 0 Å². The average molecular weight is 295 g/mol. The zero-order valence-electron chi connectivity index (χ0n) is 11.1. The summed E-state index contributed by atoms with van der Waals surface area (Å²) >= 11 is 0. The number of piperazine rings is 1. The molecule has 1 aromatic carbocycles. The topological polar surface area (TPSA) is 60.9 Å². The summed E-state index contributed by atoms with van der Waals surface area (Å²) in [4.78, 5) is 12.3. The van der Waals surface area contributed by atoms with Gasteiger partial charge in [0.05, 0.1) is 5.69 Å². The number of benzene rings is 1. The number of hydrogen-bond donors (Lipinski definition) is 0. The number of fused-ring (bicyclic) bond motifs is 1. The van der Waals surface area contributed by atoms with Crippen LogP contribution in [-0.2, 0) is 21.4 Å². The van der Waals surface area contributed by atoms with Gasteiger partial charge in [-0.3, -0.25) is 9.10 Å². The monoisotopic (exact) mass is 295 g/mol. The van der Waals surface area contributed by atoms with Crippen molar-refractivity contribution in [2.45, 2.75) is 6.42 Å². The highest BCUT2D eigenvalue weighted by molar-refractivity contribution is 7.90. The van der Waals surface area contributed by atoms with Crippen LogP contribution < -0.4 is 4.31 Å². The molecule has 0 spiro atoms. The number of amides is 1. The van der Waals surface area contributed by atoms with Gasteiger partial charge in [-0.05, 0) is 18.1 Å². The molecule has 3 rings (SSSR count). The largest absolute Gasteiger partial charge is 0.343 e. The number of rotatable bonds is 3. The standard InChI is InChI=1S/C13H17N3O3S/c17-11-14-7-9-15(10-8-14)20(18,19)16-6-5-12-3-1-2-4-13(12)16/h1-4,11H,5-10H2. The fourth-order valence-electron chi connectivity index (χ4n) is 2.73. The third-order valence-corrected chi connectivity index (χ3v) is 5.83. The van der Waals surface area contributed by atoms with Gasteiger partial charge in [-0.15, -0.1) is 0 Å². The minimum absolute atomic E-state index is 0.361. The van der Waals surface area contributed by atoms with E-state index in [1.165, 1.54) is 8.61 Å². The molecule has 0 aromatic heterocycles. The Morgan fingerprint density at radius 2 is 1.70 bits per heavy atom. The average Bonchev–Trinajstić information content (AvgIpc) is 2.92. The lowest BCUT2D eigenvalue weighted by atomic mass is 10.2. The predicted molar refractivity (Wildman–Crippen MR) is 75.6 cm³/mol. The number of carbonyl (C=O) groups is 1. The normalized spacial score (nSPS) is 20.0. The lowest BCUT2D eigenvalue weighted by Gasteiger charge is -2.34. The Balaban J connectivity index is 1.82. The molecular formula is C13H17N3O3S. The summed E-state index contributed by atoms with van der Waals surface area (Å²) < 4.78 is 28.3. The summed E-state index contributed by atoms with van der Waals surface area (Å²) in [5.74, 6) is 0. The fourth-order valence-corrected chi connectivity index (χ4v) is 4.38. The highest BCUT2D eigenvalue weighted by Crippen LogP contribution is 2.31. The van der Waals surface area contributed by atoms with Gasteiger partial charge in [0, 0.05) is 32.7 Å². The molecular weight excluding hydrogens is 278 g/mol. The van der Waals surface area contributed by atoms with Gasteiger partial charge in [-0.1, -0.05) is 18.2 Å². The van der Waals surface area contributed by atoms with Crippen molar-refractivity contribution < 1.29 is 13.2 Å². The van der Waals surface area contributed by atoms with Gasteiger partial charge in [0.15, 0.2) is 0 Å². The Morgan fingerprint density at radius 3 is 2.40 bits per heavy atom. The van der Waals surface area contributed by atoms with E-state index in [2.05, 4.69) is 0 Å². The summed E-state index contributed by atoms with van der Waals surface area (Å²) in [6.07, 6.45) is 1.53. The number of carbonyl (C=O) groups excluding carboxylic acids is 1. The van der Waals surface area contributed by atoms with Crippen LogP contribution in [0.1, 0.15) is 5.56 Å². The van der Waals surface area contributed by atoms with Crippen LogP contribution in [0.2, 0.25) is 0 Å². The molecule has 0 saturated carbocycles. The van der Waals surface area contributed by atoms with E-state index in [1.807, 2.05) is 24.3 Å². The second-order valence-corrected chi connectivity index (χ2v) is 6.85. The molecule has 0 aliphatic carbocycles. The zero-order valence-corrected chi connectivity index (χ0v) is 11.9. The van der Waals surface area contributed by atoms with E-state index in [0.717, 1.165) is 24.1 Å². The third kappa shape index (κ3) is 2.16. The molecule has 0 atom stereocenters. The first kappa shape index (κ1) is 13.4. The fraction of sp³-hybridized carbons (Fsp3) is 0.462. The molecule has 2 heterocycles. The van der Waals surface area contributed by atoms with Gasteiger partial charge in [0.1, 0.15) is 0 Å². The molecule has 2 aliphatic rings. The Morgan fingerprint density at radius 1 is 1.00 bits per heavy atom. The zero-order chi connectivity index (χ0) is 14.2. The van der Waals surface area contributed by atoms with Crippen LogP contribution in [0, 0.1) is 0 Å². The van der Waals surface area contributed by atoms with Crippen LogP contribution in [-0.4, -0.2) is 56.8 Å². The van der Waals surface area contributed by atoms with Crippen molar-refractivity contribution >= 4 is 22.3 Å². The smallest absolute Gasteiger partial charge is 0.304 e. The number of hydrogen-bond acceptors (Lipinski definition) is 3. The molecule has 0 bridgehead atoms. The first-order chi connectivity index (χ1) is 9.63. The summed E-state index contributed by atoms with van der Waals surface area (Å²) in [6.45, 7) is 2.13. The lowest BCUT2D eigenvalue weighted by molar-refractivity contribution is -0.119.